The van der Waals surface area contributed by atoms with Crippen LogP contribution in [0.3, 0.4) is 0 Å². The molecule has 0 saturated carbocycles. The molecule has 0 aliphatic carbocycles. The fraction of sp³-hybridized carbons (Fsp3) is 0.259. The van der Waals surface area contributed by atoms with Crippen molar-refractivity contribution in [2.75, 3.05) is 6.54 Å². The molecule has 3 aromatic rings. The molecule has 1 N–H and O–H groups in total. The van der Waals surface area contributed by atoms with Crippen molar-refractivity contribution >= 4 is 58.2 Å². The molecule has 0 aliphatic heterocycles. The average Bonchev–Trinajstić information content (AvgIpc) is 2.84. The van der Waals surface area contributed by atoms with Crippen molar-refractivity contribution in [1.82, 2.24) is 10.2 Å². The van der Waals surface area contributed by atoms with Crippen LogP contribution in [0.15, 0.2) is 66.7 Å². The third-order valence-corrected chi connectivity index (χ3v) is 6.86. The van der Waals surface area contributed by atoms with Crippen molar-refractivity contribution in [3.8, 4) is 0 Å². The number of benzene rings is 3. The zero-order valence-electron chi connectivity index (χ0n) is 19.2. The van der Waals surface area contributed by atoms with Gasteiger partial charge in [-0.05, 0) is 47.4 Å². The van der Waals surface area contributed by atoms with E-state index in [1.54, 1.807) is 41.3 Å². The fourth-order valence-electron chi connectivity index (χ4n) is 3.71. The maximum absolute atomic E-state index is 13.8. The minimum Gasteiger partial charge on any atom is -0.354 e. The molecular formula is C27H26Cl4N2O2. The predicted molar refractivity (Wildman–Crippen MR) is 144 cm³/mol. The van der Waals surface area contributed by atoms with Gasteiger partial charge >= 0.3 is 0 Å². The Labute approximate surface area is 226 Å². The Hall–Kier alpha value is -2.24. The van der Waals surface area contributed by atoms with Gasteiger partial charge in [0.15, 0.2) is 0 Å². The molecule has 0 bridgehead atoms. The van der Waals surface area contributed by atoms with Crippen LogP contribution in [0.4, 0.5) is 0 Å². The quantitative estimate of drug-likeness (QED) is 0.294. The molecule has 4 nitrogen and oxygen atoms in total. The average molecular weight is 552 g/mol. The number of carbonyl (C=O) groups excluding carboxylic acids is 2. The van der Waals surface area contributed by atoms with Gasteiger partial charge in [0.25, 0.3) is 0 Å². The van der Waals surface area contributed by atoms with Gasteiger partial charge < -0.3 is 10.2 Å². The summed E-state index contributed by atoms with van der Waals surface area (Å²) in [6, 6.07) is 19.0. The summed E-state index contributed by atoms with van der Waals surface area (Å²) in [6.45, 7) is 2.60. The van der Waals surface area contributed by atoms with E-state index in [1.807, 2.05) is 37.3 Å². The zero-order chi connectivity index (χ0) is 25.4. The van der Waals surface area contributed by atoms with Gasteiger partial charge in [0, 0.05) is 39.6 Å². The fourth-order valence-corrected chi connectivity index (χ4v) is 4.71. The molecular weight excluding hydrogens is 526 g/mol. The van der Waals surface area contributed by atoms with E-state index in [0.717, 1.165) is 12.0 Å². The number of amides is 2. The molecule has 3 aromatic carbocycles. The highest BCUT2D eigenvalue weighted by atomic mass is 35.5. The Morgan fingerprint density at radius 2 is 1.57 bits per heavy atom. The molecule has 0 heterocycles. The van der Waals surface area contributed by atoms with E-state index in [1.165, 1.54) is 0 Å². The van der Waals surface area contributed by atoms with Gasteiger partial charge in [0.1, 0.15) is 6.04 Å². The Morgan fingerprint density at radius 1 is 0.886 bits per heavy atom. The SMILES string of the molecule is CCCNC(=O)C(Cc1ccccc1)N(Cc1ccc(Cl)cc1Cl)C(=O)Cc1c(Cl)cccc1Cl. The topological polar surface area (TPSA) is 49.4 Å². The van der Waals surface area contributed by atoms with Crippen molar-refractivity contribution in [3.63, 3.8) is 0 Å². The van der Waals surface area contributed by atoms with E-state index in [9.17, 15) is 9.59 Å². The third-order valence-electron chi connectivity index (χ3n) is 5.57. The van der Waals surface area contributed by atoms with E-state index in [0.29, 0.717) is 44.2 Å². The minimum atomic E-state index is -0.774. The molecule has 1 unspecified atom stereocenters. The number of carbonyl (C=O) groups is 2. The van der Waals surface area contributed by atoms with E-state index in [-0.39, 0.29) is 24.8 Å². The van der Waals surface area contributed by atoms with Crippen LogP contribution in [0.5, 0.6) is 0 Å². The summed E-state index contributed by atoms with van der Waals surface area (Å²) in [5, 5.41) is 4.64. The molecule has 0 saturated heterocycles. The van der Waals surface area contributed by atoms with E-state index < -0.39 is 6.04 Å². The normalized spacial score (nSPS) is 11.7. The second-order valence-corrected chi connectivity index (χ2v) is 9.79. The first-order valence-corrected chi connectivity index (χ1v) is 12.8. The lowest BCUT2D eigenvalue weighted by Gasteiger charge is -2.32. The Morgan fingerprint density at radius 3 is 2.20 bits per heavy atom. The first-order chi connectivity index (χ1) is 16.8. The summed E-state index contributed by atoms with van der Waals surface area (Å²) in [5.41, 5.74) is 2.12. The maximum atomic E-state index is 13.8. The smallest absolute Gasteiger partial charge is 0.243 e. The van der Waals surface area contributed by atoms with Crippen LogP contribution >= 0.6 is 46.4 Å². The molecule has 0 aliphatic rings. The van der Waals surface area contributed by atoms with Crippen LogP contribution in [0.1, 0.15) is 30.0 Å². The van der Waals surface area contributed by atoms with Gasteiger partial charge in [-0.2, -0.15) is 0 Å². The molecule has 1 atom stereocenters. The Kier molecular flexibility index (Phi) is 10.3. The summed E-state index contributed by atoms with van der Waals surface area (Å²) >= 11 is 25.2. The van der Waals surface area contributed by atoms with Gasteiger partial charge in [-0.3, -0.25) is 9.59 Å². The van der Waals surface area contributed by atoms with E-state index >= 15 is 0 Å². The highest BCUT2D eigenvalue weighted by molar-refractivity contribution is 6.36. The highest BCUT2D eigenvalue weighted by Gasteiger charge is 2.31. The molecule has 184 valence electrons. The van der Waals surface area contributed by atoms with Crippen LogP contribution in [-0.4, -0.2) is 29.3 Å². The van der Waals surface area contributed by atoms with Crippen molar-refractivity contribution < 1.29 is 9.59 Å². The van der Waals surface area contributed by atoms with Gasteiger partial charge in [-0.1, -0.05) is 95.8 Å². The number of halogens is 4. The number of hydrogen-bond donors (Lipinski definition) is 1. The van der Waals surface area contributed by atoms with Gasteiger partial charge in [-0.25, -0.2) is 0 Å². The minimum absolute atomic E-state index is 0.0595. The molecule has 0 aromatic heterocycles. The molecule has 35 heavy (non-hydrogen) atoms. The van der Waals surface area contributed by atoms with Crippen LogP contribution < -0.4 is 5.32 Å². The van der Waals surface area contributed by atoms with Crippen LogP contribution in [-0.2, 0) is 29.0 Å². The molecule has 8 heteroatoms. The van der Waals surface area contributed by atoms with Crippen LogP contribution in [0.25, 0.3) is 0 Å². The zero-order valence-corrected chi connectivity index (χ0v) is 22.3. The molecule has 0 fully saturated rings. The summed E-state index contributed by atoms with van der Waals surface area (Å²) < 4.78 is 0. The van der Waals surface area contributed by atoms with Crippen LogP contribution in [0, 0.1) is 0 Å². The van der Waals surface area contributed by atoms with E-state index in [4.69, 9.17) is 46.4 Å². The van der Waals surface area contributed by atoms with Crippen LogP contribution in [0.2, 0.25) is 20.1 Å². The second kappa shape index (κ2) is 13.2. The summed E-state index contributed by atoms with van der Waals surface area (Å²) in [4.78, 5) is 28.7. The first kappa shape index (κ1) is 27.3. The van der Waals surface area contributed by atoms with Gasteiger partial charge in [-0.15, -0.1) is 0 Å². The molecule has 0 radical (unpaired) electrons. The number of nitrogens with zero attached hydrogens (tertiary/aromatic N) is 1. The van der Waals surface area contributed by atoms with Crippen molar-refractivity contribution in [1.29, 1.82) is 0 Å². The third kappa shape index (κ3) is 7.62. The standard InChI is InChI=1S/C27H26Cl4N2O2/c1-2-13-32-27(35)25(14-18-7-4-3-5-8-18)33(17-19-11-12-20(28)15-24(19)31)26(34)16-21-22(29)9-6-10-23(21)30/h3-12,15,25H,2,13-14,16-17H2,1H3,(H,32,35). The van der Waals surface area contributed by atoms with Crippen molar-refractivity contribution in [2.45, 2.75) is 38.8 Å². The van der Waals surface area contributed by atoms with Crippen molar-refractivity contribution in [3.05, 3.63) is 104 Å². The first-order valence-electron chi connectivity index (χ1n) is 11.3. The summed E-state index contributed by atoms with van der Waals surface area (Å²) in [7, 11) is 0. The molecule has 0 spiro atoms. The maximum Gasteiger partial charge on any atom is 0.243 e. The lowest BCUT2D eigenvalue weighted by molar-refractivity contribution is -0.140. The van der Waals surface area contributed by atoms with Gasteiger partial charge in [0.2, 0.25) is 11.8 Å². The molecule has 2 amide bonds. The summed E-state index contributed by atoms with van der Waals surface area (Å²) in [5.74, 6) is -0.530. The van der Waals surface area contributed by atoms with E-state index in [2.05, 4.69) is 5.32 Å². The lowest BCUT2D eigenvalue weighted by Crippen LogP contribution is -2.51. The Bertz CT molecular complexity index is 1150. The highest BCUT2D eigenvalue weighted by Crippen LogP contribution is 2.28. The largest absolute Gasteiger partial charge is 0.354 e. The monoisotopic (exact) mass is 550 g/mol. The number of hydrogen-bond acceptors (Lipinski definition) is 2. The second-order valence-electron chi connectivity index (χ2n) is 8.13. The van der Waals surface area contributed by atoms with Gasteiger partial charge in [0.05, 0.1) is 6.42 Å². The molecule has 3 rings (SSSR count). The number of rotatable bonds is 10. The Balaban J connectivity index is 2.02. The van der Waals surface area contributed by atoms with Crippen molar-refractivity contribution in [2.24, 2.45) is 0 Å². The summed E-state index contributed by atoms with van der Waals surface area (Å²) in [6.07, 6.45) is 1.05. The lowest BCUT2D eigenvalue weighted by atomic mass is 10.0. The number of nitrogens with one attached hydrogen (secondary N) is 1. The predicted octanol–water partition coefficient (Wildman–Crippen LogP) is 7.01.